The van der Waals surface area contributed by atoms with Crippen molar-refractivity contribution in [3.63, 3.8) is 0 Å². The number of aromatic nitrogens is 1. The maximum atomic E-state index is 13.2. The predicted molar refractivity (Wildman–Crippen MR) is 72.6 cm³/mol. The molecule has 1 heterocycles. The van der Waals surface area contributed by atoms with E-state index in [0.29, 0.717) is 18.9 Å². The van der Waals surface area contributed by atoms with Gasteiger partial charge in [-0.3, -0.25) is 4.79 Å². The quantitative estimate of drug-likeness (QED) is 0.860. The van der Waals surface area contributed by atoms with E-state index < -0.39 is 5.82 Å². The van der Waals surface area contributed by atoms with Crippen LogP contribution in [-0.2, 0) is 0 Å². The minimum Gasteiger partial charge on any atom is -0.370 e. The molecule has 2 rings (SSSR count). The summed E-state index contributed by atoms with van der Waals surface area (Å²) in [6.45, 7) is 5.33. The zero-order chi connectivity index (χ0) is 13.9. The highest BCUT2D eigenvalue weighted by atomic mass is 19.1. The van der Waals surface area contributed by atoms with Crippen LogP contribution in [0.3, 0.4) is 0 Å². The van der Waals surface area contributed by atoms with Gasteiger partial charge in [-0.15, -0.1) is 0 Å². The van der Waals surface area contributed by atoms with E-state index in [1.165, 1.54) is 12.5 Å². The summed E-state index contributed by atoms with van der Waals surface area (Å²) in [6.07, 6.45) is 4.60. The third kappa shape index (κ3) is 3.22. The topological polar surface area (TPSA) is 54.0 Å². The van der Waals surface area contributed by atoms with Gasteiger partial charge < -0.3 is 10.6 Å². The molecule has 2 N–H and O–H groups in total. The molecule has 0 bridgehead atoms. The van der Waals surface area contributed by atoms with E-state index in [4.69, 9.17) is 0 Å². The average molecular weight is 265 g/mol. The fourth-order valence-electron chi connectivity index (χ4n) is 2.27. The molecule has 0 atom stereocenters. The van der Waals surface area contributed by atoms with Crippen molar-refractivity contribution in [3.8, 4) is 0 Å². The number of nitrogens with one attached hydrogen (secondary N) is 2. The number of hydrogen-bond acceptors (Lipinski definition) is 3. The lowest BCUT2D eigenvalue weighted by atomic mass is 9.70. The molecule has 1 aliphatic rings. The zero-order valence-corrected chi connectivity index (χ0v) is 11.4. The molecule has 104 valence electrons. The Hall–Kier alpha value is -1.65. The fourth-order valence-corrected chi connectivity index (χ4v) is 2.27. The number of amides is 1. The van der Waals surface area contributed by atoms with Crippen LogP contribution >= 0.6 is 0 Å². The molecular weight excluding hydrogens is 245 g/mol. The summed E-state index contributed by atoms with van der Waals surface area (Å²) < 4.78 is 13.2. The van der Waals surface area contributed by atoms with E-state index in [-0.39, 0.29) is 16.9 Å². The van der Waals surface area contributed by atoms with E-state index in [2.05, 4.69) is 22.5 Å². The van der Waals surface area contributed by atoms with Crippen molar-refractivity contribution in [2.24, 2.45) is 5.41 Å². The number of hydrogen-bond donors (Lipinski definition) is 2. The molecule has 5 heteroatoms. The van der Waals surface area contributed by atoms with Gasteiger partial charge in [-0.25, -0.2) is 9.37 Å². The Kier molecular flexibility index (Phi) is 4.02. The van der Waals surface area contributed by atoms with Crippen molar-refractivity contribution < 1.29 is 9.18 Å². The minimum absolute atomic E-state index is 0.203. The normalized spacial score (nSPS) is 16.6. The van der Waals surface area contributed by atoms with Gasteiger partial charge in [0.1, 0.15) is 11.6 Å². The Labute approximate surface area is 112 Å². The van der Waals surface area contributed by atoms with Crippen LogP contribution < -0.4 is 10.6 Å². The smallest absolute Gasteiger partial charge is 0.255 e. The highest BCUT2D eigenvalue weighted by Gasteiger charge is 2.32. The number of carbonyl (C=O) groups excluding carboxylic acids is 1. The minimum atomic E-state index is -0.498. The number of carbonyl (C=O) groups is 1. The molecule has 0 saturated heterocycles. The van der Waals surface area contributed by atoms with Crippen LogP contribution in [0.2, 0.25) is 0 Å². The number of halogens is 1. The van der Waals surface area contributed by atoms with Gasteiger partial charge in [-0.05, 0) is 31.2 Å². The van der Waals surface area contributed by atoms with E-state index in [9.17, 15) is 9.18 Å². The largest absolute Gasteiger partial charge is 0.370 e. The van der Waals surface area contributed by atoms with E-state index in [1.54, 1.807) is 0 Å². The van der Waals surface area contributed by atoms with Crippen LogP contribution in [0, 0.1) is 11.2 Å². The van der Waals surface area contributed by atoms with Crippen molar-refractivity contribution in [1.82, 2.24) is 10.3 Å². The first-order valence-electron chi connectivity index (χ1n) is 6.72. The first-order valence-corrected chi connectivity index (χ1v) is 6.72. The molecule has 0 spiro atoms. The average Bonchev–Trinajstić information content (AvgIpc) is 2.36. The van der Waals surface area contributed by atoms with Gasteiger partial charge in [-0.1, -0.05) is 13.3 Å². The SMILES string of the molecule is CCNc1ncc(F)cc1C(=O)NCC1(C)CCC1. The standard InChI is InChI=1S/C14H20FN3O/c1-3-16-12-11(7-10(15)8-17-12)13(19)18-9-14(2)5-4-6-14/h7-8H,3-6,9H2,1-2H3,(H,16,17)(H,18,19). The molecule has 1 aromatic rings. The lowest BCUT2D eigenvalue weighted by Gasteiger charge is -2.38. The van der Waals surface area contributed by atoms with E-state index in [0.717, 1.165) is 19.0 Å². The highest BCUT2D eigenvalue weighted by molar-refractivity contribution is 5.98. The summed E-state index contributed by atoms with van der Waals surface area (Å²) in [4.78, 5) is 16.0. The molecule has 1 aliphatic carbocycles. The molecule has 1 amide bonds. The first-order chi connectivity index (χ1) is 9.04. The van der Waals surface area contributed by atoms with Crippen molar-refractivity contribution in [2.75, 3.05) is 18.4 Å². The maximum Gasteiger partial charge on any atom is 0.255 e. The Bertz CT molecular complexity index is 472. The highest BCUT2D eigenvalue weighted by Crippen LogP contribution is 2.39. The Balaban J connectivity index is 2.06. The summed E-state index contributed by atoms with van der Waals surface area (Å²) in [5.41, 5.74) is 0.471. The monoisotopic (exact) mass is 265 g/mol. The molecule has 0 unspecified atom stereocenters. The van der Waals surface area contributed by atoms with E-state index >= 15 is 0 Å². The summed E-state index contributed by atoms with van der Waals surface area (Å²) in [7, 11) is 0. The van der Waals surface area contributed by atoms with Crippen molar-refractivity contribution in [1.29, 1.82) is 0 Å². The van der Waals surface area contributed by atoms with Crippen LogP contribution in [0.5, 0.6) is 0 Å². The molecule has 4 nitrogen and oxygen atoms in total. The molecule has 0 aromatic carbocycles. The lowest BCUT2D eigenvalue weighted by Crippen LogP contribution is -2.40. The van der Waals surface area contributed by atoms with Crippen LogP contribution in [0.1, 0.15) is 43.5 Å². The van der Waals surface area contributed by atoms with Crippen molar-refractivity contribution in [2.45, 2.75) is 33.1 Å². The van der Waals surface area contributed by atoms with Gasteiger partial charge >= 0.3 is 0 Å². The summed E-state index contributed by atoms with van der Waals surface area (Å²) in [5.74, 6) is -0.335. The predicted octanol–water partition coefficient (Wildman–Crippen LogP) is 2.57. The summed E-state index contributed by atoms with van der Waals surface area (Å²) in [5, 5.41) is 5.85. The second-order valence-corrected chi connectivity index (χ2v) is 5.43. The maximum absolute atomic E-state index is 13.2. The van der Waals surface area contributed by atoms with Gasteiger partial charge in [0.25, 0.3) is 5.91 Å². The van der Waals surface area contributed by atoms with Gasteiger partial charge in [0.2, 0.25) is 0 Å². The lowest BCUT2D eigenvalue weighted by molar-refractivity contribution is 0.0891. The van der Waals surface area contributed by atoms with Crippen LogP contribution in [0.25, 0.3) is 0 Å². The van der Waals surface area contributed by atoms with Crippen LogP contribution in [0.4, 0.5) is 10.2 Å². The summed E-state index contributed by atoms with van der Waals surface area (Å²) in [6, 6.07) is 1.23. The molecule has 1 saturated carbocycles. The second-order valence-electron chi connectivity index (χ2n) is 5.43. The van der Waals surface area contributed by atoms with Gasteiger partial charge in [0.05, 0.1) is 11.8 Å². The van der Waals surface area contributed by atoms with Gasteiger partial charge in [0.15, 0.2) is 0 Å². The van der Waals surface area contributed by atoms with Gasteiger partial charge in [0, 0.05) is 13.1 Å². The van der Waals surface area contributed by atoms with Gasteiger partial charge in [-0.2, -0.15) is 0 Å². The first kappa shape index (κ1) is 13.8. The number of nitrogens with zero attached hydrogens (tertiary/aromatic N) is 1. The van der Waals surface area contributed by atoms with E-state index in [1.807, 2.05) is 6.92 Å². The zero-order valence-electron chi connectivity index (χ0n) is 11.4. The second kappa shape index (κ2) is 5.55. The molecule has 0 radical (unpaired) electrons. The molecule has 0 aliphatic heterocycles. The molecule has 1 fully saturated rings. The Morgan fingerprint density at radius 2 is 2.26 bits per heavy atom. The van der Waals surface area contributed by atoms with Crippen LogP contribution in [-0.4, -0.2) is 24.0 Å². The summed E-state index contributed by atoms with van der Waals surface area (Å²) >= 11 is 0. The number of anilines is 1. The Morgan fingerprint density at radius 1 is 1.53 bits per heavy atom. The number of rotatable bonds is 5. The van der Waals surface area contributed by atoms with Crippen molar-refractivity contribution >= 4 is 11.7 Å². The number of pyridine rings is 1. The fraction of sp³-hybridized carbons (Fsp3) is 0.571. The van der Waals surface area contributed by atoms with Crippen LogP contribution in [0.15, 0.2) is 12.3 Å². The molecule has 1 aromatic heterocycles. The Morgan fingerprint density at radius 3 is 2.84 bits per heavy atom. The third-order valence-corrected chi connectivity index (χ3v) is 3.68. The third-order valence-electron chi connectivity index (χ3n) is 3.68. The molecular formula is C14H20FN3O. The molecule has 19 heavy (non-hydrogen) atoms. The van der Waals surface area contributed by atoms with Crippen molar-refractivity contribution in [3.05, 3.63) is 23.6 Å².